The molecule has 5 nitrogen and oxygen atoms in total. The molecule has 1 amide bonds. The lowest BCUT2D eigenvalue weighted by molar-refractivity contribution is -0.00804. The van der Waals surface area contributed by atoms with Gasteiger partial charge in [0.1, 0.15) is 11.4 Å². The van der Waals surface area contributed by atoms with Gasteiger partial charge in [-0.15, -0.1) is 5.92 Å². The average molecular weight is 501 g/mol. The predicted octanol–water partition coefficient (Wildman–Crippen LogP) is 5.24. The first-order valence-corrected chi connectivity index (χ1v) is 13.9. The summed E-state index contributed by atoms with van der Waals surface area (Å²) in [5.41, 5.74) is 2.98. The van der Waals surface area contributed by atoms with Gasteiger partial charge in [0.2, 0.25) is 0 Å². The zero-order valence-electron chi connectivity index (χ0n) is 22.3. The molecule has 2 aromatic carbocycles. The molecular formula is C32H40N2O3. The molecule has 1 saturated heterocycles. The zero-order valence-corrected chi connectivity index (χ0v) is 22.3. The van der Waals surface area contributed by atoms with E-state index in [1.807, 2.05) is 13.0 Å². The average Bonchev–Trinajstić information content (AvgIpc) is 3.29. The van der Waals surface area contributed by atoms with E-state index in [0.717, 1.165) is 38.6 Å². The monoisotopic (exact) mass is 500 g/mol. The Morgan fingerprint density at radius 3 is 2.78 bits per heavy atom. The molecule has 1 unspecified atom stereocenters. The van der Waals surface area contributed by atoms with Gasteiger partial charge in [0.15, 0.2) is 0 Å². The molecule has 1 aliphatic heterocycles. The van der Waals surface area contributed by atoms with Crippen LogP contribution in [0.2, 0.25) is 0 Å². The van der Waals surface area contributed by atoms with Crippen LogP contribution < -0.4 is 10.1 Å². The van der Waals surface area contributed by atoms with E-state index in [9.17, 15) is 9.90 Å². The van der Waals surface area contributed by atoms with Crippen molar-refractivity contribution in [3.05, 3.63) is 65.2 Å². The van der Waals surface area contributed by atoms with E-state index < -0.39 is 5.60 Å². The summed E-state index contributed by atoms with van der Waals surface area (Å²) in [6, 6.07) is 17.4. The van der Waals surface area contributed by atoms with Crippen molar-refractivity contribution in [1.82, 2.24) is 10.2 Å². The Bertz CT molecular complexity index is 1170. The van der Waals surface area contributed by atoms with Gasteiger partial charge in [0.25, 0.3) is 0 Å². The summed E-state index contributed by atoms with van der Waals surface area (Å²) in [6.07, 6.45) is 8.13. The summed E-state index contributed by atoms with van der Waals surface area (Å²) in [7, 11) is 2.16. The standard InChI is InChI=1S/C32H40N2O3/c1-3-16-31(36)17-18-32(22-24-8-5-4-6-9-24)26(23-31)12-11-25-21-28(13-14-29(25)32)37-30(35)33-19-15-27-10-7-20-34(27)2/h4-6,8-9,13-14,21,26-27,36H,7,10-12,15,17-20,22-23H2,1-2H3,(H,33,35)/t26-,27?,31+,32+/m0/s1. The molecule has 5 heteroatoms. The number of fused-ring (bicyclic) bond motifs is 3. The van der Waals surface area contributed by atoms with Gasteiger partial charge in [-0.1, -0.05) is 42.3 Å². The maximum absolute atomic E-state index is 12.5. The number of carbonyl (C=O) groups excluding carboxylic acids is 1. The highest BCUT2D eigenvalue weighted by Crippen LogP contribution is 2.54. The normalized spacial score (nSPS) is 28.9. The molecule has 37 heavy (non-hydrogen) atoms. The Hall–Kier alpha value is -2.81. The minimum atomic E-state index is -0.897. The maximum atomic E-state index is 12.5. The number of aliphatic hydroxyl groups is 1. The molecule has 2 aromatic rings. The number of nitrogens with zero attached hydrogens (tertiary/aromatic N) is 1. The van der Waals surface area contributed by atoms with Crippen molar-refractivity contribution >= 4 is 6.09 Å². The zero-order chi connectivity index (χ0) is 25.9. The molecule has 2 aliphatic carbocycles. The molecule has 5 rings (SSSR count). The summed E-state index contributed by atoms with van der Waals surface area (Å²) in [4.78, 5) is 14.9. The van der Waals surface area contributed by atoms with Crippen molar-refractivity contribution in [3.63, 3.8) is 0 Å². The Kier molecular flexibility index (Phi) is 7.60. The molecule has 196 valence electrons. The van der Waals surface area contributed by atoms with Crippen LogP contribution in [0, 0.1) is 17.8 Å². The van der Waals surface area contributed by atoms with Gasteiger partial charge in [-0.2, -0.15) is 0 Å². The van der Waals surface area contributed by atoms with Crippen LogP contribution in [0.5, 0.6) is 5.75 Å². The van der Waals surface area contributed by atoms with Crippen LogP contribution in [0.3, 0.4) is 0 Å². The largest absolute Gasteiger partial charge is 0.412 e. The molecule has 1 heterocycles. The number of ether oxygens (including phenoxy) is 1. The molecule has 4 atom stereocenters. The summed E-state index contributed by atoms with van der Waals surface area (Å²) in [5.74, 6) is 7.01. The number of rotatable bonds is 6. The second-order valence-electron chi connectivity index (χ2n) is 11.4. The predicted molar refractivity (Wildman–Crippen MR) is 147 cm³/mol. The number of benzene rings is 2. The lowest BCUT2D eigenvalue weighted by Gasteiger charge is -2.52. The van der Waals surface area contributed by atoms with Crippen LogP contribution in [-0.4, -0.2) is 47.9 Å². The fourth-order valence-corrected chi connectivity index (χ4v) is 7.19. The van der Waals surface area contributed by atoms with Gasteiger partial charge < -0.3 is 20.1 Å². The van der Waals surface area contributed by atoms with Crippen molar-refractivity contribution in [2.24, 2.45) is 5.92 Å². The molecule has 3 aliphatic rings. The van der Waals surface area contributed by atoms with E-state index in [-0.39, 0.29) is 11.5 Å². The first-order chi connectivity index (χ1) is 17.9. The highest BCUT2D eigenvalue weighted by molar-refractivity contribution is 5.70. The van der Waals surface area contributed by atoms with E-state index in [1.165, 1.54) is 29.5 Å². The van der Waals surface area contributed by atoms with Crippen LogP contribution in [0.25, 0.3) is 0 Å². The van der Waals surface area contributed by atoms with Crippen molar-refractivity contribution in [2.45, 2.75) is 81.8 Å². The number of nitrogens with one attached hydrogen (secondary N) is 1. The number of hydrogen-bond donors (Lipinski definition) is 2. The van der Waals surface area contributed by atoms with Gasteiger partial charge in [-0.05, 0) is 113 Å². The summed E-state index contributed by atoms with van der Waals surface area (Å²) < 4.78 is 5.70. The van der Waals surface area contributed by atoms with Crippen LogP contribution in [0.15, 0.2) is 48.5 Å². The first kappa shape index (κ1) is 25.8. The topological polar surface area (TPSA) is 61.8 Å². The summed E-state index contributed by atoms with van der Waals surface area (Å²) in [5, 5.41) is 14.1. The second-order valence-corrected chi connectivity index (χ2v) is 11.4. The molecule has 0 aromatic heterocycles. The number of likely N-dealkylation sites (tertiary alicyclic amines) is 1. The molecule has 0 spiro atoms. The Balaban J connectivity index is 1.33. The maximum Gasteiger partial charge on any atom is 0.412 e. The fraction of sp³-hybridized carbons (Fsp3) is 0.531. The quantitative estimate of drug-likeness (QED) is 0.533. The Labute approximate surface area is 221 Å². The van der Waals surface area contributed by atoms with Gasteiger partial charge in [0.05, 0.1) is 0 Å². The highest BCUT2D eigenvalue weighted by atomic mass is 16.6. The molecular weight excluding hydrogens is 460 g/mol. The van der Waals surface area contributed by atoms with Gasteiger partial charge >= 0.3 is 6.09 Å². The minimum Gasteiger partial charge on any atom is -0.410 e. The minimum absolute atomic E-state index is 0.0509. The molecule has 2 fully saturated rings. The number of carbonyl (C=O) groups is 1. The third kappa shape index (κ3) is 5.56. The van der Waals surface area contributed by atoms with Crippen molar-refractivity contribution in [1.29, 1.82) is 0 Å². The number of hydrogen-bond acceptors (Lipinski definition) is 4. The van der Waals surface area contributed by atoms with E-state index in [1.54, 1.807) is 0 Å². The highest BCUT2D eigenvalue weighted by Gasteiger charge is 2.51. The fourth-order valence-electron chi connectivity index (χ4n) is 7.19. The first-order valence-electron chi connectivity index (χ1n) is 13.9. The van der Waals surface area contributed by atoms with Crippen LogP contribution in [0.1, 0.15) is 68.6 Å². The van der Waals surface area contributed by atoms with Crippen molar-refractivity contribution in [3.8, 4) is 17.6 Å². The summed E-state index contributed by atoms with van der Waals surface area (Å²) >= 11 is 0. The summed E-state index contributed by atoms with van der Waals surface area (Å²) in [6.45, 7) is 3.58. The number of aryl methyl sites for hydroxylation is 1. The van der Waals surface area contributed by atoms with E-state index in [2.05, 4.69) is 71.6 Å². The lowest BCUT2D eigenvalue weighted by atomic mass is 9.52. The van der Waals surface area contributed by atoms with Crippen LogP contribution in [0.4, 0.5) is 4.79 Å². The second kappa shape index (κ2) is 10.9. The van der Waals surface area contributed by atoms with Crippen LogP contribution >= 0.6 is 0 Å². The SMILES string of the molecule is CC#C[C@@]1(O)CC[C@]2(Cc3ccccc3)c3ccc(OC(=O)NCCC4CCCN4C)cc3CC[C@H]2C1. The van der Waals surface area contributed by atoms with Gasteiger partial charge in [0, 0.05) is 18.0 Å². The lowest BCUT2D eigenvalue weighted by Crippen LogP contribution is -2.50. The third-order valence-electron chi connectivity index (χ3n) is 9.07. The smallest absolute Gasteiger partial charge is 0.410 e. The van der Waals surface area contributed by atoms with E-state index in [4.69, 9.17) is 4.74 Å². The van der Waals surface area contributed by atoms with E-state index in [0.29, 0.717) is 37.1 Å². The van der Waals surface area contributed by atoms with Gasteiger partial charge in [-0.3, -0.25) is 0 Å². The molecule has 1 saturated carbocycles. The third-order valence-corrected chi connectivity index (χ3v) is 9.07. The number of amides is 1. The molecule has 0 bridgehead atoms. The van der Waals surface area contributed by atoms with Gasteiger partial charge in [-0.25, -0.2) is 4.79 Å². The van der Waals surface area contributed by atoms with Crippen molar-refractivity contribution < 1.29 is 14.6 Å². The Morgan fingerprint density at radius 2 is 2.03 bits per heavy atom. The Morgan fingerprint density at radius 1 is 1.19 bits per heavy atom. The molecule has 2 N–H and O–H groups in total. The molecule has 0 radical (unpaired) electrons. The van der Waals surface area contributed by atoms with Crippen LogP contribution in [-0.2, 0) is 18.3 Å². The van der Waals surface area contributed by atoms with Crippen molar-refractivity contribution in [2.75, 3.05) is 20.1 Å². The van der Waals surface area contributed by atoms with E-state index >= 15 is 0 Å².